The summed E-state index contributed by atoms with van der Waals surface area (Å²) in [7, 11) is 0. The molecule has 0 bridgehead atoms. The topological polar surface area (TPSA) is 68.5 Å². The second-order valence-corrected chi connectivity index (χ2v) is 5.15. The zero-order chi connectivity index (χ0) is 17.6. The van der Waals surface area contributed by atoms with Crippen LogP contribution in [0.1, 0.15) is 12.5 Å². The molecule has 6 nitrogen and oxygen atoms in total. The van der Waals surface area contributed by atoms with Gasteiger partial charge in [-0.3, -0.25) is 10.1 Å². The fourth-order valence-electron chi connectivity index (χ4n) is 2.35. The number of rotatable bonds is 4. The first-order chi connectivity index (χ1) is 12.2. The number of hydrogen-bond acceptors (Lipinski definition) is 4. The number of hydrogen-bond donors (Lipinski definition) is 1. The predicted octanol–water partition coefficient (Wildman–Crippen LogP) is 1.85. The third-order valence-corrected chi connectivity index (χ3v) is 3.43. The van der Waals surface area contributed by atoms with Gasteiger partial charge in [-0.1, -0.05) is 36.4 Å². The lowest BCUT2D eigenvalue weighted by Crippen LogP contribution is -2.41. The number of carbonyl (C=O) groups is 2. The van der Waals surface area contributed by atoms with Crippen molar-refractivity contribution in [1.29, 1.82) is 0 Å². The quantitative estimate of drug-likeness (QED) is 0.525. The Morgan fingerprint density at radius 3 is 2.48 bits per heavy atom. The fraction of sp³-hybridized carbons (Fsp3) is 0.105. The molecule has 0 fully saturated rings. The summed E-state index contributed by atoms with van der Waals surface area (Å²) in [5, 5.41) is 2.57. The first-order valence-electron chi connectivity index (χ1n) is 7.83. The van der Waals surface area contributed by atoms with Crippen LogP contribution < -0.4 is 9.88 Å². The van der Waals surface area contributed by atoms with Crippen LogP contribution in [0, 0.1) is 0 Å². The van der Waals surface area contributed by atoms with Crippen molar-refractivity contribution in [2.45, 2.75) is 6.92 Å². The van der Waals surface area contributed by atoms with Gasteiger partial charge in [-0.25, -0.2) is 4.79 Å². The van der Waals surface area contributed by atoms with E-state index in [1.54, 1.807) is 36.0 Å². The number of aromatic nitrogens is 1. The van der Waals surface area contributed by atoms with E-state index in [0.29, 0.717) is 5.76 Å². The molecule has 1 amide bonds. The molecule has 1 aliphatic heterocycles. The van der Waals surface area contributed by atoms with Crippen molar-refractivity contribution < 1.29 is 23.6 Å². The van der Waals surface area contributed by atoms with E-state index >= 15 is 0 Å². The molecular weight excluding hydrogens is 320 g/mol. The third-order valence-electron chi connectivity index (χ3n) is 3.43. The Hall–Kier alpha value is -3.41. The molecule has 0 atom stereocenters. The fourth-order valence-corrected chi connectivity index (χ4v) is 2.35. The molecule has 1 aromatic heterocycles. The first-order valence-corrected chi connectivity index (χ1v) is 7.83. The summed E-state index contributed by atoms with van der Waals surface area (Å²) >= 11 is 0. The van der Waals surface area contributed by atoms with Crippen LogP contribution in [0.15, 0.2) is 72.9 Å². The van der Waals surface area contributed by atoms with Crippen molar-refractivity contribution in [1.82, 2.24) is 5.32 Å². The first kappa shape index (κ1) is 16.4. The second-order valence-electron chi connectivity index (χ2n) is 5.15. The van der Waals surface area contributed by atoms with Crippen LogP contribution in [0.5, 0.6) is 0 Å². The van der Waals surface area contributed by atoms with E-state index in [1.807, 2.05) is 36.4 Å². The number of amides is 1. The van der Waals surface area contributed by atoms with Crippen molar-refractivity contribution in [3.63, 3.8) is 0 Å². The highest BCUT2D eigenvalue weighted by Gasteiger charge is 2.32. The largest absolute Gasteiger partial charge is 0.458 e. The molecule has 1 N–H and O–H groups in total. The third kappa shape index (κ3) is 3.74. The Kier molecular flexibility index (Phi) is 4.89. The molecule has 3 rings (SSSR count). The van der Waals surface area contributed by atoms with Gasteiger partial charge in [0.05, 0.1) is 6.61 Å². The molecule has 6 heteroatoms. The van der Waals surface area contributed by atoms with Crippen LogP contribution in [0.3, 0.4) is 0 Å². The van der Waals surface area contributed by atoms with Crippen LogP contribution in [0.4, 0.5) is 0 Å². The maximum Gasteiger partial charge on any atom is 0.410 e. The lowest BCUT2D eigenvalue weighted by molar-refractivity contribution is -0.580. The monoisotopic (exact) mass is 337 g/mol. The lowest BCUT2D eigenvalue weighted by Gasteiger charge is -2.18. The molecule has 0 saturated carbocycles. The van der Waals surface area contributed by atoms with E-state index < -0.39 is 5.97 Å². The minimum absolute atomic E-state index is 0.0287. The molecule has 1 aromatic carbocycles. The Labute approximate surface area is 145 Å². The summed E-state index contributed by atoms with van der Waals surface area (Å²) in [6, 6.07) is 14.5. The van der Waals surface area contributed by atoms with E-state index in [1.165, 1.54) is 6.08 Å². The molecule has 0 saturated heterocycles. The van der Waals surface area contributed by atoms with Crippen LogP contribution in [-0.2, 0) is 19.1 Å². The van der Waals surface area contributed by atoms with Crippen LogP contribution >= 0.6 is 0 Å². The normalized spacial score (nSPS) is 15.6. The van der Waals surface area contributed by atoms with Gasteiger partial charge in [0, 0.05) is 23.8 Å². The van der Waals surface area contributed by atoms with E-state index in [0.717, 1.165) is 5.56 Å². The average Bonchev–Trinajstić information content (AvgIpc) is 2.63. The van der Waals surface area contributed by atoms with Crippen LogP contribution in [-0.4, -0.2) is 18.5 Å². The smallest absolute Gasteiger partial charge is 0.410 e. The van der Waals surface area contributed by atoms with Crippen molar-refractivity contribution >= 4 is 23.3 Å². The van der Waals surface area contributed by atoms with Gasteiger partial charge in [0.2, 0.25) is 0 Å². The number of ether oxygens (including phenoxy) is 2. The Bertz CT molecular complexity index is 842. The summed E-state index contributed by atoms with van der Waals surface area (Å²) < 4.78 is 12.5. The van der Waals surface area contributed by atoms with Gasteiger partial charge < -0.3 is 9.47 Å². The Balaban J connectivity index is 2.06. The number of pyridine rings is 1. The summed E-state index contributed by atoms with van der Waals surface area (Å²) in [5.41, 5.74) is 0.827. The molecule has 2 aromatic rings. The number of benzene rings is 1. The van der Waals surface area contributed by atoms with Gasteiger partial charge in [0.15, 0.2) is 12.4 Å². The van der Waals surface area contributed by atoms with E-state index in [-0.39, 0.29) is 24.1 Å². The zero-order valence-electron chi connectivity index (χ0n) is 13.6. The Morgan fingerprint density at radius 2 is 1.80 bits per heavy atom. The van der Waals surface area contributed by atoms with Gasteiger partial charge in [-0.15, -0.1) is 0 Å². The van der Waals surface area contributed by atoms with Crippen molar-refractivity contribution in [3.8, 4) is 0 Å². The van der Waals surface area contributed by atoms with Gasteiger partial charge in [0.1, 0.15) is 5.76 Å². The molecule has 0 radical (unpaired) electrons. The highest BCUT2D eigenvalue weighted by Crippen LogP contribution is 2.23. The number of carbonyl (C=O) groups excluding carboxylic acids is 2. The summed E-state index contributed by atoms with van der Waals surface area (Å²) in [5.74, 6) is -0.583. The molecule has 0 unspecified atom stereocenters. The molecule has 0 aliphatic carbocycles. The van der Waals surface area contributed by atoms with Gasteiger partial charge >= 0.3 is 11.7 Å². The van der Waals surface area contributed by atoms with Crippen molar-refractivity contribution in [3.05, 3.63) is 78.4 Å². The van der Waals surface area contributed by atoms with E-state index in [9.17, 15) is 9.59 Å². The maximum atomic E-state index is 12.4. The zero-order valence-corrected chi connectivity index (χ0v) is 13.6. The predicted molar refractivity (Wildman–Crippen MR) is 90.1 cm³/mol. The minimum atomic E-state index is -0.594. The molecular formula is C19H17N2O4+. The number of nitrogens with one attached hydrogen (secondary N) is 1. The van der Waals surface area contributed by atoms with E-state index in [2.05, 4.69) is 5.32 Å². The average molecular weight is 337 g/mol. The van der Waals surface area contributed by atoms with Crippen LogP contribution in [0.25, 0.3) is 11.5 Å². The SMILES string of the molecule is CCOC(=O)/C(=C1/NC(=O)C=C(c2ccccc2)O1)[n+]1ccccc1. The molecule has 126 valence electrons. The van der Waals surface area contributed by atoms with Crippen molar-refractivity contribution in [2.24, 2.45) is 0 Å². The minimum Gasteiger partial charge on any atom is -0.458 e. The van der Waals surface area contributed by atoms with E-state index in [4.69, 9.17) is 9.47 Å². The summed E-state index contributed by atoms with van der Waals surface area (Å²) in [6.45, 7) is 1.92. The highest BCUT2D eigenvalue weighted by molar-refractivity contribution is 6.08. The molecule has 2 heterocycles. The number of nitrogens with zero attached hydrogens (tertiary/aromatic N) is 1. The molecule has 0 spiro atoms. The standard InChI is InChI=1S/C19H16N2O4/c1-2-24-19(23)17(21-11-7-4-8-12-21)18-20-16(22)13-15(25-18)14-9-5-3-6-10-14/h3-13H,2H2,1H3/p+1. The lowest BCUT2D eigenvalue weighted by atomic mass is 10.1. The van der Waals surface area contributed by atoms with Gasteiger partial charge in [-0.05, 0) is 6.92 Å². The second kappa shape index (κ2) is 7.44. The van der Waals surface area contributed by atoms with Crippen molar-refractivity contribution in [2.75, 3.05) is 6.61 Å². The molecule has 25 heavy (non-hydrogen) atoms. The van der Waals surface area contributed by atoms with Gasteiger partial charge in [-0.2, -0.15) is 4.57 Å². The van der Waals surface area contributed by atoms with Gasteiger partial charge in [0.25, 0.3) is 11.8 Å². The Morgan fingerprint density at radius 1 is 1.12 bits per heavy atom. The highest BCUT2D eigenvalue weighted by atomic mass is 16.5. The van der Waals surface area contributed by atoms with Crippen LogP contribution in [0.2, 0.25) is 0 Å². The summed E-state index contributed by atoms with van der Waals surface area (Å²) in [4.78, 5) is 24.6. The summed E-state index contributed by atoms with van der Waals surface area (Å²) in [6.07, 6.45) is 4.70. The number of esters is 1. The molecule has 1 aliphatic rings. The maximum absolute atomic E-state index is 12.4.